The van der Waals surface area contributed by atoms with Crippen molar-refractivity contribution in [1.82, 2.24) is 15.5 Å². The molecule has 1 aliphatic carbocycles. The molecule has 5 heteroatoms. The molecule has 0 fully saturated rings. The van der Waals surface area contributed by atoms with Gasteiger partial charge in [-0.25, -0.2) is 0 Å². The van der Waals surface area contributed by atoms with Gasteiger partial charge in [-0.15, -0.1) is 21.5 Å². The van der Waals surface area contributed by atoms with Crippen LogP contribution in [-0.2, 0) is 24.1 Å². The van der Waals surface area contributed by atoms with Crippen molar-refractivity contribution >= 4 is 17.2 Å². The van der Waals surface area contributed by atoms with Crippen LogP contribution in [-0.4, -0.2) is 22.6 Å². The van der Waals surface area contributed by atoms with Gasteiger partial charge in [0.15, 0.2) is 0 Å². The Morgan fingerprint density at radius 2 is 2.00 bits per heavy atom. The largest absolute Gasteiger partial charge is 0.355 e. The van der Waals surface area contributed by atoms with Crippen molar-refractivity contribution in [3.05, 3.63) is 45.4 Å². The van der Waals surface area contributed by atoms with Gasteiger partial charge >= 0.3 is 0 Å². The van der Waals surface area contributed by atoms with Crippen LogP contribution >= 0.6 is 11.3 Å². The lowest BCUT2D eigenvalue weighted by atomic mass is 10.1. The first-order valence-electron chi connectivity index (χ1n) is 6.86. The predicted molar refractivity (Wildman–Crippen MR) is 78.7 cm³/mol. The zero-order valence-electron chi connectivity index (χ0n) is 11.4. The number of fused-ring (bicyclic) bond motifs is 1. The lowest BCUT2D eigenvalue weighted by Gasteiger charge is -2.09. The second-order valence-electron chi connectivity index (χ2n) is 5.13. The van der Waals surface area contributed by atoms with Crippen LogP contribution < -0.4 is 5.32 Å². The molecule has 3 rings (SSSR count). The minimum atomic E-state index is 0.0866. The summed E-state index contributed by atoms with van der Waals surface area (Å²) in [5, 5.41) is 13.0. The van der Waals surface area contributed by atoms with E-state index in [-0.39, 0.29) is 11.8 Å². The van der Waals surface area contributed by atoms with E-state index in [1.54, 1.807) is 11.3 Å². The molecular formula is C15H17N3OS. The number of nitrogens with one attached hydrogen (secondary N) is 1. The van der Waals surface area contributed by atoms with E-state index in [0.29, 0.717) is 6.54 Å². The lowest BCUT2D eigenvalue weighted by molar-refractivity contribution is -0.124. The maximum Gasteiger partial charge on any atom is 0.223 e. The molecule has 0 radical (unpaired) electrons. The molecule has 104 valence electrons. The number of hydrogen-bond acceptors (Lipinski definition) is 4. The number of aromatic nitrogens is 2. The van der Waals surface area contributed by atoms with E-state index < -0.39 is 0 Å². The van der Waals surface area contributed by atoms with E-state index in [0.717, 1.165) is 29.3 Å². The molecule has 0 atom stereocenters. The highest BCUT2D eigenvalue weighted by molar-refractivity contribution is 7.11. The summed E-state index contributed by atoms with van der Waals surface area (Å²) in [6.45, 7) is 2.58. The summed E-state index contributed by atoms with van der Waals surface area (Å²) in [5.74, 6) is 0.242. The molecule has 20 heavy (non-hydrogen) atoms. The van der Waals surface area contributed by atoms with Gasteiger partial charge in [0.2, 0.25) is 5.91 Å². The number of aryl methyl sites for hydroxylation is 1. The monoisotopic (exact) mass is 287 g/mol. The van der Waals surface area contributed by atoms with Gasteiger partial charge in [0.1, 0.15) is 10.0 Å². The third-order valence-corrected chi connectivity index (χ3v) is 4.53. The minimum Gasteiger partial charge on any atom is -0.355 e. The maximum atomic E-state index is 12.2. The fraction of sp³-hybridized carbons (Fsp3) is 0.400. The van der Waals surface area contributed by atoms with Gasteiger partial charge < -0.3 is 5.32 Å². The third kappa shape index (κ3) is 2.88. The number of nitrogens with zero attached hydrogens (tertiary/aromatic N) is 2. The Kier molecular flexibility index (Phi) is 3.78. The fourth-order valence-corrected chi connectivity index (χ4v) is 3.33. The molecule has 0 bridgehead atoms. The van der Waals surface area contributed by atoms with Crippen LogP contribution in [0.15, 0.2) is 24.3 Å². The quantitative estimate of drug-likeness (QED) is 0.934. The molecule has 2 aromatic rings. The Morgan fingerprint density at radius 1 is 1.30 bits per heavy atom. The first kappa shape index (κ1) is 13.2. The lowest BCUT2D eigenvalue weighted by Crippen LogP contribution is -2.32. The average Bonchev–Trinajstić information content (AvgIpc) is 3.04. The van der Waals surface area contributed by atoms with E-state index >= 15 is 0 Å². The van der Waals surface area contributed by atoms with Crippen LogP contribution in [0.25, 0.3) is 0 Å². The maximum absolute atomic E-state index is 12.2. The van der Waals surface area contributed by atoms with Crippen molar-refractivity contribution < 1.29 is 4.79 Å². The van der Waals surface area contributed by atoms with E-state index in [1.807, 2.05) is 19.1 Å². The highest BCUT2D eigenvalue weighted by Gasteiger charge is 2.26. The number of benzene rings is 1. The zero-order valence-corrected chi connectivity index (χ0v) is 12.2. The van der Waals surface area contributed by atoms with Gasteiger partial charge in [-0.1, -0.05) is 24.3 Å². The van der Waals surface area contributed by atoms with E-state index in [1.165, 1.54) is 11.1 Å². The van der Waals surface area contributed by atoms with Crippen molar-refractivity contribution in [2.45, 2.75) is 26.2 Å². The normalized spacial score (nSPS) is 14.2. The molecule has 4 nitrogen and oxygen atoms in total. The summed E-state index contributed by atoms with van der Waals surface area (Å²) in [5.41, 5.74) is 2.62. The standard InChI is InChI=1S/C15H17N3OS/c1-10-17-18-14(20-10)6-7-16-15(19)13-8-11-4-2-3-5-12(11)9-13/h2-5,13H,6-9H2,1H3,(H,16,19). The highest BCUT2D eigenvalue weighted by atomic mass is 32.1. The topological polar surface area (TPSA) is 54.9 Å². The Balaban J connectivity index is 1.49. The third-order valence-electron chi connectivity index (χ3n) is 3.63. The van der Waals surface area contributed by atoms with Gasteiger partial charge in [0, 0.05) is 18.9 Å². The molecule has 0 aliphatic heterocycles. The van der Waals surface area contributed by atoms with Crippen LogP contribution in [0.3, 0.4) is 0 Å². The molecule has 1 N–H and O–H groups in total. The molecule has 0 saturated carbocycles. The smallest absolute Gasteiger partial charge is 0.223 e. The van der Waals surface area contributed by atoms with Gasteiger partial charge in [-0.05, 0) is 30.9 Å². The molecule has 0 saturated heterocycles. The van der Waals surface area contributed by atoms with Crippen molar-refractivity contribution in [2.24, 2.45) is 5.92 Å². The van der Waals surface area contributed by atoms with Crippen molar-refractivity contribution in [3.63, 3.8) is 0 Å². The first-order valence-corrected chi connectivity index (χ1v) is 7.67. The molecule has 1 aromatic carbocycles. The summed E-state index contributed by atoms with van der Waals surface area (Å²) >= 11 is 1.59. The van der Waals surface area contributed by atoms with E-state index in [9.17, 15) is 4.79 Å². The molecular weight excluding hydrogens is 270 g/mol. The summed E-state index contributed by atoms with van der Waals surface area (Å²) in [6, 6.07) is 8.31. The van der Waals surface area contributed by atoms with Crippen LogP contribution in [0, 0.1) is 12.8 Å². The van der Waals surface area contributed by atoms with Crippen LogP contribution in [0.4, 0.5) is 0 Å². The highest BCUT2D eigenvalue weighted by Crippen LogP contribution is 2.26. The van der Waals surface area contributed by atoms with Gasteiger partial charge in [0.05, 0.1) is 0 Å². The van der Waals surface area contributed by atoms with Crippen LogP contribution in [0.5, 0.6) is 0 Å². The van der Waals surface area contributed by atoms with Crippen molar-refractivity contribution in [3.8, 4) is 0 Å². The SMILES string of the molecule is Cc1nnc(CCNC(=O)C2Cc3ccccc3C2)s1. The van der Waals surface area contributed by atoms with Crippen molar-refractivity contribution in [1.29, 1.82) is 0 Å². The van der Waals surface area contributed by atoms with Gasteiger partial charge in [-0.2, -0.15) is 0 Å². The zero-order chi connectivity index (χ0) is 13.9. The molecule has 1 amide bonds. The molecule has 0 spiro atoms. The van der Waals surface area contributed by atoms with Crippen LogP contribution in [0.2, 0.25) is 0 Å². The van der Waals surface area contributed by atoms with Crippen LogP contribution in [0.1, 0.15) is 21.1 Å². The van der Waals surface area contributed by atoms with E-state index in [2.05, 4.69) is 27.6 Å². The molecule has 1 aliphatic rings. The summed E-state index contributed by atoms with van der Waals surface area (Å²) in [6.07, 6.45) is 2.48. The Labute approximate surface area is 122 Å². The number of amides is 1. The summed E-state index contributed by atoms with van der Waals surface area (Å²) < 4.78 is 0. The van der Waals surface area contributed by atoms with E-state index in [4.69, 9.17) is 0 Å². The Bertz CT molecular complexity index is 598. The predicted octanol–water partition coefficient (Wildman–Crippen LogP) is 1.92. The number of hydrogen-bond donors (Lipinski definition) is 1. The fourth-order valence-electron chi connectivity index (χ4n) is 2.62. The summed E-state index contributed by atoms with van der Waals surface area (Å²) in [4.78, 5) is 12.2. The second kappa shape index (κ2) is 5.71. The first-order chi connectivity index (χ1) is 9.72. The molecule has 1 heterocycles. The van der Waals surface area contributed by atoms with Crippen molar-refractivity contribution in [2.75, 3.05) is 6.54 Å². The van der Waals surface area contributed by atoms with Gasteiger partial charge in [-0.3, -0.25) is 4.79 Å². The Hall–Kier alpha value is -1.75. The Morgan fingerprint density at radius 3 is 2.60 bits per heavy atom. The number of carbonyl (C=O) groups is 1. The molecule has 1 aromatic heterocycles. The average molecular weight is 287 g/mol. The summed E-state index contributed by atoms with van der Waals surface area (Å²) in [7, 11) is 0. The number of carbonyl (C=O) groups excluding carboxylic acids is 1. The molecule has 0 unspecified atom stereocenters. The van der Waals surface area contributed by atoms with Gasteiger partial charge in [0.25, 0.3) is 0 Å². The second-order valence-corrected chi connectivity index (χ2v) is 6.40. The number of rotatable bonds is 4. The minimum absolute atomic E-state index is 0.0866.